The number of rotatable bonds is 11. The topological polar surface area (TPSA) is 100.0 Å². The zero-order chi connectivity index (χ0) is 16.2. The Bertz CT molecular complexity index is 474. The Balaban J connectivity index is 2.67. The van der Waals surface area contributed by atoms with E-state index < -0.39 is 4.92 Å². The van der Waals surface area contributed by atoms with Gasteiger partial charge in [-0.15, -0.1) is 0 Å². The monoisotopic (exact) mass is 309 g/mol. The van der Waals surface area contributed by atoms with E-state index in [0.29, 0.717) is 13.2 Å². The van der Waals surface area contributed by atoms with Crippen molar-refractivity contribution >= 4 is 11.4 Å². The number of nitro benzene ring substituents is 1. The molecule has 0 fully saturated rings. The maximum atomic E-state index is 10.7. The Kier molecular flexibility index (Phi) is 8.78. The molecule has 0 saturated heterocycles. The van der Waals surface area contributed by atoms with Crippen molar-refractivity contribution in [3.8, 4) is 0 Å². The van der Waals surface area contributed by atoms with Gasteiger partial charge in [0.15, 0.2) is 0 Å². The van der Waals surface area contributed by atoms with Gasteiger partial charge >= 0.3 is 0 Å². The largest absolute Gasteiger partial charge is 0.394 e. The molecule has 0 aliphatic carbocycles. The lowest BCUT2D eigenvalue weighted by Crippen LogP contribution is -2.08. The first kappa shape index (κ1) is 18.1. The van der Waals surface area contributed by atoms with Gasteiger partial charge in [-0.3, -0.25) is 10.1 Å². The Labute approximate surface area is 130 Å². The van der Waals surface area contributed by atoms with Crippen LogP contribution in [0.2, 0.25) is 0 Å². The molecule has 7 heteroatoms. The van der Waals surface area contributed by atoms with Crippen molar-refractivity contribution in [2.75, 3.05) is 26.9 Å². The van der Waals surface area contributed by atoms with E-state index in [0.717, 1.165) is 43.6 Å². The summed E-state index contributed by atoms with van der Waals surface area (Å²) in [7, 11) is 1.68. The zero-order valence-corrected chi connectivity index (χ0v) is 12.9. The van der Waals surface area contributed by atoms with Crippen LogP contribution in [0.25, 0.3) is 0 Å². The summed E-state index contributed by atoms with van der Waals surface area (Å²) >= 11 is 0. The van der Waals surface area contributed by atoms with Crippen molar-refractivity contribution in [2.24, 2.45) is 10.9 Å². The van der Waals surface area contributed by atoms with Crippen LogP contribution in [0.1, 0.15) is 31.2 Å². The summed E-state index contributed by atoms with van der Waals surface area (Å²) in [6.45, 7) is 1.48. The summed E-state index contributed by atoms with van der Waals surface area (Å²) in [5.41, 5.74) is 7.05. The van der Waals surface area contributed by atoms with Crippen LogP contribution in [0.3, 0.4) is 0 Å². The Hall–Kier alpha value is -1.99. The van der Waals surface area contributed by atoms with Gasteiger partial charge in [0.25, 0.3) is 5.69 Å². The van der Waals surface area contributed by atoms with Crippen molar-refractivity contribution in [3.63, 3.8) is 0 Å². The molecule has 1 rings (SSSR count). The van der Waals surface area contributed by atoms with E-state index in [9.17, 15) is 10.1 Å². The van der Waals surface area contributed by atoms with Crippen LogP contribution in [0.15, 0.2) is 29.4 Å². The predicted octanol–water partition coefficient (Wildman–Crippen LogP) is 2.48. The highest BCUT2D eigenvalue weighted by Crippen LogP contribution is 2.15. The predicted molar refractivity (Wildman–Crippen MR) is 85.0 cm³/mol. The molecule has 0 unspecified atom stereocenters. The van der Waals surface area contributed by atoms with Crippen LogP contribution in [-0.4, -0.2) is 37.5 Å². The van der Waals surface area contributed by atoms with Gasteiger partial charge in [0, 0.05) is 32.4 Å². The van der Waals surface area contributed by atoms with Crippen molar-refractivity contribution in [3.05, 3.63) is 39.9 Å². The molecule has 0 aromatic heterocycles. The quantitative estimate of drug-likeness (QED) is 0.293. The highest BCUT2D eigenvalue weighted by atomic mass is 16.6. The number of nitrogens with zero attached hydrogens (tertiary/aromatic N) is 2. The third-order valence-electron chi connectivity index (χ3n) is 3.06. The van der Waals surface area contributed by atoms with E-state index in [1.54, 1.807) is 19.2 Å². The lowest BCUT2D eigenvalue weighted by atomic mass is 10.0. The summed E-state index contributed by atoms with van der Waals surface area (Å²) in [4.78, 5) is 15.4. The molecule has 2 N–H and O–H groups in total. The standard InChI is InChI=1S/C15H23N3O4/c1-21-11-4-2-3-5-15(17-22-12-10-16)13-6-8-14(9-7-13)18(19)20/h6-9H,2-5,10-12,16H2,1H3. The number of non-ortho nitro benzene ring substituents is 1. The molecule has 7 nitrogen and oxygen atoms in total. The molecule has 22 heavy (non-hydrogen) atoms. The van der Waals surface area contributed by atoms with Gasteiger partial charge in [-0.1, -0.05) is 11.6 Å². The minimum absolute atomic E-state index is 0.0612. The summed E-state index contributed by atoms with van der Waals surface area (Å²) < 4.78 is 5.02. The van der Waals surface area contributed by atoms with Crippen molar-refractivity contribution in [1.29, 1.82) is 0 Å². The fraction of sp³-hybridized carbons (Fsp3) is 0.533. The Morgan fingerprint density at radius 1 is 1.23 bits per heavy atom. The first-order valence-corrected chi connectivity index (χ1v) is 7.31. The molecule has 1 aromatic rings. The van der Waals surface area contributed by atoms with Gasteiger partial charge < -0.3 is 15.3 Å². The molecule has 0 saturated carbocycles. The third kappa shape index (κ3) is 6.64. The molecule has 0 aliphatic rings. The zero-order valence-electron chi connectivity index (χ0n) is 12.9. The van der Waals surface area contributed by atoms with Gasteiger partial charge in [-0.05, 0) is 37.0 Å². The highest BCUT2D eigenvalue weighted by Gasteiger charge is 2.09. The summed E-state index contributed by atoms with van der Waals surface area (Å²) in [6.07, 6.45) is 3.71. The SMILES string of the molecule is COCCCCCC(=NOCCN)c1ccc([N+](=O)[O-])cc1. The second-order valence-corrected chi connectivity index (χ2v) is 4.77. The lowest BCUT2D eigenvalue weighted by molar-refractivity contribution is -0.384. The number of nitrogens with two attached hydrogens (primary N) is 1. The van der Waals surface area contributed by atoms with Crippen molar-refractivity contribution in [2.45, 2.75) is 25.7 Å². The van der Waals surface area contributed by atoms with Crippen LogP contribution in [0, 0.1) is 10.1 Å². The van der Waals surface area contributed by atoms with Crippen molar-refractivity contribution in [1.82, 2.24) is 0 Å². The summed E-state index contributed by atoms with van der Waals surface area (Å²) in [5, 5.41) is 14.8. The first-order chi connectivity index (χ1) is 10.7. The molecule has 0 aliphatic heterocycles. The molecule has 0 radical (unpaired) electrons. The van der Waals surface area contributed by atoms with Gasteiger partial charge in [-0.2, -0.15) is 0 Å². The van der Waals surface area contributed by atoms with E-state index in [-0.39, 0.29) is 5.69 Å². The second-order valence-electron chi connectivity index (χ2n) is 4.77. The number of ether oxygens (including phenoxy) is 1. The molecule has 0 atom stereocenters. The lowest BCUT2D eigenvalue weighted by Gasteiger charge is -2.07. The highest BCUT2D eigenvalue weighted by molar-refractivity contribution is 6.00. The molecule has 0 amide bonds. The van der Waals surface area contributed by atoms with E-state index in [1.165, 1.54) is 12.1 Å². The Morgan fingerprint density at radius 2 is 1.95 bits per heavy atom. The van der Waals surface area contributed by atoms with Gasteiger partial charge in [-0.25, -0.2) is 0 Å². The van der Waals surface area contributed by atoms with E-state index in [2.05, 4.69) is 5.16 Å². The number of hydrogen-bond acceptors (Lipinski definition) is 6. The van der Waals surface area contributed by atoms with Crippen LogP contribution < -0.4 is 5.73 Å². The van der Waals surface area contributed by atoms with Crippen LogP contribution in [-0.2, 0) is 9.57 Å². The van der Waals surface area contributed by atoms with Gasteiger partial charge in [0.2, 0.25) is 0 Å². The maximum Gasteiger partial charge on any atom is 0.269 e. The molecular formula is C15H23N3O4. The summed E-state index contributed by atoms with van der Waals surface area (Å²) in [6, 6.07) is 6.33. The third-order valence-corrected chi connectivity index (χ3v) is 3.06. The number of methoxy groups -OCH3 is 1. The molecule has 1 aromatic carbocycles. The van der Waals surface area contributed by atoms with Crippen LogP contribution >= 0.6 is 0 Å². The van der Waals surface area contributed by atoms with Crippen LogP contribution in [0.4, 0.5) is 5.69 Å². The fourth-order valence-electron chi connectivity index (χ4n) is 1.91. The average Bonchev–Trinajstić information content (AvgIpc) is 2.53. The first-order valence-electron chi connectivity index (χ1n) is 7.31. The molecule has 122 valence electrons. The molecular weight excluding hydrogens is 286 g/mol. The molecule has 0 heterocycles. The fourth-order valence-corrected chi connectivity index (χ4v) is 1.91. The van der Waals surface area contributed by atoms with Gasteiger partial charge in [0.1, 0.15) is 6.61 Å². The maximum absolute atomic E-state index is 10.7. The number of benzene rings is 1. The van der Waals surface area contributed by atoms with Crippen LogP contribution in [0.5, 0.6) is 0 Å². The minimum atomic E-state index is -0.420. The molecule has 0 spiro atoms. The van der Waals surface area contributed by atoms with E-state index >= 15 is 0 Å². The smallest absolute Gasteiger partial charge is 0.269 e. The Morgan fingerprint density at radius 3 is 2.55 bits per heavy atom. The molecule has 0 bridgehead atoms. The van der Waals surface area contributed by atoms with E-state index in [4.69, 9.17) is 15.3 Å². The number of hydrogen-bond donors (Lipinski definition) is 1. The van der Waals surface area contributed by atoms with Crippen molar-refractivity contribution < 1.29 is 14.5 Å². The normalized spacial score (nSPS) is 11.5. The number of unbranched alkanes of at least 4 members (excludes halogenated alkanes) is 2. The second kappa shape index (κ2) is 10.7. The minimum Gasteiger partial charge on any atom is -0.394 e. The average molecular weight is 309 g/mol. The number of nitro groups is 1. The number of oxime groups is 1. The van der Waals surface area contributed by atoms with E-state index in [1.807, 2.05) is 0 Å². The van der Waals surface area contributed by atoms with Gasteiger partial charge in [0.05, 0.1) is 10.6 Å². The summed E-state index contributed by atoms with van der Waals surface area (Å²) in [5.74, 6) is 0.